The highest BCUT2D eigenvalue weighted by Gasteiger charge is 2.06. The maximum absolute atomic E-state index is 11.1. The molecular weight excluding hydrogens is 234 g/mol. The van der Waals surface area contributed by atoms with E-state index in [1.807, 2.05) is 23.7 Å². The van der Waals surface area contributed by atoms with Crippen molar-refractivity contribution in [2.75, 3.05) is 26.5 Å². The predicted molar refractivity (Wildman–Crippen MR) is 71.2 cm³/mol. The van der Waals surface area contributed by atoms with Crippen LogP contribution in [-0.2, 0) is 16.1 Å². The first-order valence-electron chi connectivity index (χ1n) is 5.62. The van der Waals surface area contributed by atoms with Crippen LogP contribution < -0.4 is 0 Å². The second-order valence-electron chi connectivity index (χ2n) is 3.83. The predicted octanol–water partition coefficient (Wildman–Crippen LogP) is 2.40. The molecule has 0 atom stereocenters. The van der Waals surface area contributed by atoms with Crippen molar-refractivity contribution in [3.05, 3.63) is 29.8 Å². The third-order valence-electron chi connectivity index (χ3n) is 2.31. The first-order valence-corrected chi connectivity index (χ1v) is 6.61. The Bertz CT molecular complexity index is 351. The number of rotatable bonds is 6. The van der Waals surface area contributed by atoms with Gasteiger partial charge >= 0.3 is 5.97 Å². The molecule has 1 rings (SSSR count). The number of ether oxygens (including phenoxy) is 1. The SMILES string of the molecule is CCSc1ccc(CN(C)CC(=O)OC)cc1. The molecule has 94 valence electrons. The number of hydrogen-bond acceptors (Lipinski definition) is 4. The van der Waals surface area contributed by atoms with Gasteiger partial charge in [0.1, 0.15) is 0 Å². The van der Waals surface area contributed by atoms with Crippen molar-refractivity contribution in [3.8, 4) is 0 Å². The van der Waals surface area contributed by atoms with Crippen LogP contribution in [0.2, 0.25) is 0 Å². The zero-order chi connectivity index (χ0) is 12.7. The zero-order valence-corrected chi connectivity index (χ0v) is 11.4. The van der Waals surface area contributed by atoms with Gasteiger partial charge in [0.15, 0.2) is 0 Å². The Morgan fingerprint density at radius 1 is 1.35 bits per heavy atom. The largest absolute Gasteiger partial charge is 0.468 e. The molecule has 0 amide bonds. The minimum absolute atomic E-state index is 0.203. The van der Waals surface area contributed by atoms with E-state index < -0.39 is 0 Å². The molecule has 3 nitrogen and oxygen atoms in total. The highest BCUT2D eigenvalue weighted by atomic mass is 32.2. The molecule has 0 aromatic heterocycles. The monoisotopic (exact) mass is 253 g/mol. The first kappa shape index (κ1) is 14.1. The first-order chi connectivity index (χ1) is 8.15. The Hall–Kier alpha value is -1.00. The summed E-state index contributed by atoms with van der Waals surface area (Å²) in [5.41, 5.74) is 1.21. The minimum Gasteiger partial charge on any atom is -0.468 e. The van der Waals surface area contributed by atoms with Gasteiger partial charge in [-0.2, -0.15) is 0 Å². The van der Waals surface area contributed by atoms with Gasteiger partial charge in [0, 0.05) is 11.4 Å². The number of carbonyl (C=O) groups is 1. The van der Waals surface area contributed by atoms with Crippen molar-refractivity contribution in [3.63, 3.8) is 0 Å². The lowest BCUT2D eigenvalue weighted by atomic mass is 10.2. The van der Waals surface area contributed by atoms with Crippen molar-refractivity contribution >= 4 is 17.7 Å². The van der Waals surface area contributed by atoms with Crippen molar-refractivity contribution in [1.82, 2.24) is 4.90 Å². The zero-order valence-electron chi connectivity index (χ0n) is 10.6. The Kier molecular flexibility index (Phi) is 6.08. The van der Waals surface area contributed by atoms with Gasteiger partial charge in [0.05, 0.1) is 13.7 Å². The van der Waals surface area contributed by atoms with Gasteiger partial charge in [-0.05, 0) is 30.5 Å². The van der Waals surface area contributed by atoms with E-state index in [-0.39, 0.29) is 5.97 Å². The van der Waals surface area contributed by atoms with E-state index >= 15 is 0 Å². The number of thioether (sulfide) groups is 1. The van der Waals surface area contributed by atoms with Crippen LogP contribution in [0.3, 0.4) is 0 Å². The van der Waals surface area contributed by atoms with E-state index in [2.05, 4.69) is 35.9 Å². The van der Waals surface area contributed by atoms with Crippen molar-refractivity contribution in [1.29, 1.82) is 0 Å². The normalized spacial score (nSPS) is 10.6. The summed E-state index contributed by atoms with van der Waals surface area (Å²) in [6.07, 6.45) is 0. The van der Waals surface area contributed by atoms with Crippen LogP contribution in [0.25, 0.3) is 0 Å². The number of benzene rings is 1. The summed E-state index contributed by atoms with van der Waals surface area (Å²) < 4.78 is 4.63. The summed E-state index contributed by atoms with van der Waals surface area (Å²) in [5, 5.41) is 0. The molecule has 0 saturated heterocycles. The van der Waals surface area contributed by atoms with Gasteiger partial charge < -0.3 is 4.74 Å². The number of methoxy groups -OCH3 is 1. The molecule has 0 N–H and O–H groups in total. The molecule has 4 heteroatoms. The van der Waals surface area contributed by atoms with E-state index in [0.29, 0.717) is 6.54 Å². The third-order valence-corrected chi connectivity index (χ3v) is 3.21. The number of likely N-dealkylation sites (N-methyl/N-ethyl adjacent to an activating group) is 1. The molecule has 17 heavy (non-hydrogen) atoms. The summed E-state index contributed by atoms with van der Waals surface area (Å²) in [7, 11) is 3.32. The van der Waals surface area contributed by atoms with Gasteiger partial charge in [-0.15, -0.1) is 11.8 Å². The summed E-state index contributed by atoms with van der Waals surface area (Å²) in [4.78, 5) is 14.3. The van der Waals surface area contributed by atoms with Crippen LogP contribution in [0.15, 0.2) is 29.2 Å². The molecule has 0 heterocycles. The average molecular weight is 253 g/mol. The molecule has 0 aliphatic heterocycles. The van der Waals surface area contributed by atoms with Gasteiger partial charge in [0.25, 0.3) is 0 Å². The molecule has 0 unspecified atom stereocenters. The van der Waals surface area contributed by atoms with Crippen LogP contribution in [0, 0.1) is 0 Å². The van der Waals surface area contributed by atoms with E-state index in [1.165, 1.54) is 17.6 Å². The number of hydrogen-bond donors (Lipinski definition) is 0. The Labute approximate surface area is 107 Å². The van der Waals surface area contributed by atoms with E-state index in [9.17, 15) is 4.79 Å². The van der Waals surface area contributed by atoms with Gasteiger partial charge in [-0.25, -0.2) is 0 Å². The second kappa shape index (κ2) is 7.35. The molecule has 1 aromatic carbocycles. The lowest BCUT2D eigenvalue weighted by molar-refractivity contribution is -0.141. The third kappa shape index (κ3) is 5.24. The molecule has 1 aromatic rings. The van der Waals surface area contributed by atoms with Crippen LogP contribution in [0.1, 0.15) is 12.5 Å². The lowest BCUT2D eigenvalue weighted by Gasteiger charge is -2.15. The fourth-order valence-electron chi connectivity index (χ4n) is 1.51. The Morgan fingerprint density at radius 2 is 2.00 bits per heavy atom. The molecular formula is C13H19NO2S. The van der Waals surface area contributed by atoms with Crippen LogP contribution in [-0.4, -0.2) is 37.3 Å². The Balaban J connectivity index is 2.48. The highest BCUT2D eigenvalue weighted by Crippen LogP contribution is 2.18. The molecule has 0 aliphatic rings. The molecule has 0 spiro atoms. The second-order valence-corrected chi connectivity index (χ2v) is 5.16. The van der Waals surface area contributed by atoms with Crippen LogP contribution in [0.4, 0.5) is 0 Å². The van der Waals surface area contributed by atoms with Gasteiger partial charge in [-0.1, -0.05) is 19.1 Å². The van der Waals surface area contributed by atoms with Crippen molar-refractivity contribution in [2.24, 2.45) is 0 Å². The summed E-state index contributed by atoms with van der Waals surface area (Å²) in [6.45, 7) is 3.22. The van der Waals surface area contributed by atoms with E-state index in [4.69, 9.17) is 0 Å². The molecule has 0 saturated carbocycles. The molecule has 0 bridgehead atoms. The van der Waals surface area contributed by atoms with E-state index in [1.54, 1.807) is 0 Å². The number of esters is 1. The highest BCUT2D eigenvalue weighted by molar-refractivity contribution is 7.99. The number of nitrogens with zero attached hydrogens (tertiary/aromatic N) is 1. The fourth-order valence-corrected chi connectivity index (χ4v) is 2.17. The molecule has 0 radical (unpaired) electrons. The Morgan fingerprint density at radius 3 is 2.53 bits per heavy atom. The van der Waals surface area contributed by atoms with Crippen molar-refractivity contribution < 1.29 is 9.53 Å². The summed E-state index contributed by atoms with van der Waals surface area (Å²) >= 11 is 1.83. The van der Waals surface area contributed by atoms with Crippen LogP contribution in [0.5, 0.6) is 0 Å². The van der Waals surface area contributed by atoms with Gasteiger partial charge in [0.2, 0.25) is 0 Å². The maximum Gasteiger partial charge on any atom is 0.319 e. The fraction of sp³-hybridized carbons (Fsp3) is 0.462. The van der Waals surface area contributed by atoms with Gasteiger partial charge in [-0.3, -0.25) is 9.69 Å². The van der Waals surface area contributed by atoms with Crippen molar-refractivity contribution in [2.45, 2.75) is 18.4 Å². The molecule has 0 fully saturated rings. The molecule has 0 aliphatic carbocycles. The topological polar surface area (TPSA) is 29.5 Å². The summed E-state index contributed by atoms with van der Waals surface area (Å²) in [5.74, 6) is 0.882. The maximum atomic E-state index is 11.1. The quantitative estimate of drug-likeness (QED) is 0.575. The number of carbonyl (C=O) groups excluding carboxylic acids is 1. The van der Waals surface area contributed by atoms with E-state index in [0.717, 1.165) is 12.3 Å². The average Bonchev–Trinajstić information content (AvgIpc) is 2.31. The summed E-state index contributed by atoms with van der Waals surface area (Å²) in [6, 6.07) is 8.45. The smallest absolute Gasteiger partial charge is 0.319 e. The standard InChI is InChI=1S/C13H19NO2S/c1-4-17-12-7-5-11(6-8-12)9-14(2)10-13(15)16-3/h5-8H,4,9-10H2,1-3H3. The lowest BCUT2D eigenvalue weighted by Crippen LogP contribution is -2.26. The van der Waals surface area contributed by atoms with Crippen LogP contribution >= 0.6 is 11.8 Å². The minimum atomic E-state index is -0.203.